The van der Waals surface area contributed by atoms with Gasteiger partial charge in [-0.2, -0.15) is 0 Å². The fraction of sp³-hybridized carbons (Fsp3) is 0.118. The number of benzene rings is 2. The maximum Gasteiger partial charge on any atom is 0.252 e. The molecule has 0 aliphatic heterocycles. The SMILES string of the molecule is Cc1c(=O)[nH]c(S(=O)(=O)Cc2ccccc2Cl)c2cc(Cl)ccc12. The number of aryl methyl sites for hydroxylation is 1. The first-order valence-electron chi connectivity index (χ1n) is 7.08. The van der Waals surface area contributed by atoms with Crippen LogP contribution >= 0.6 is 23.2 Å². The van der Waals surface area contributed by atoms with Crippen molar-refractivity contribution in [1.82, 2.24) is 4.98 Å². The van der Waals surface area contributed by atoms with Gasteiger partial charge in [-0.05, 0) is 36.1 Å². The molecule has 0 unspecified atom stereocenters. The quantitative estimate of drug-likeness (QED) is 0.741. The van der Waals surface area contributed by atoms with Gasteiger partial charge in [-0.1, -0.05) is 47.5 Å². The fourth-order valence-electron chi connectivity index (χ4n) is 2.56. The second-order valence-electron chi connectivity index (χ2n) is 5.45. The van der Waals surface area contributed by atoms with Crippen LogP contribution in [0.1, 0.15) is 11.1 Å². The van der Waals surface area contributed by atoms with Crippen molar-refractivity contribution in [3.8, 4) is 0 Å². The van der Waals surface area contributed by atoms with Crippen molar-refractivity contribution < 1.29 is 8.42 Å². The van der Waals surface area contributed by atoms with E-state index in [0.29, 0.717) is 31.9 Å². The van der Waals surface area contributed by atoms with Crippen LogP contribution < -0.4 is 5.56 Å². The van der Waals surface area contributed by atoms with Crippen molar-refractivity contribution in [2.45, 2.75) is 17.7 Å². The molecule has 0 radical (unpaired) electrons. The van der Waals surface area contributed by atoms with E-state index in [9.17, 15) is 13.2 Å². The smallest absolute Gasteiger partial charge is 0.252 e. The van der Waals surface area contributed by atoms with Crippen molar-refractivity contribution in [3.05, 3.63) is 74.0 Å². The molecule has 0 bridgehead atoms. The number of rotatable bonds is 3. The Morgan fingerprint density at radius 3 is 2.46 bits per heavy atom. The second-order valence-corrected chi connectivity index (χ2v) is 8.22. The van der Waals surface area contributed by atoms with Gasteiger partial charge in [0.2, 0.25) is 0 Å². The third kappa shape index (κ3) is 3.07. The van der Waals surface area contributed by atoms with Crippen LogP contribution in [0.25, 0.3) is 10.8 Å². The summed E-state index contributed by atoms with van der Waals surface area (Å²) in [5.74, 6) is -0.312. The minimum Gasteiger partial charge on any atom is -0.312 e. The van der Waals surface area contributed by atoms with Gasteiger partial charge in [0.15, 0.2) is 9.84 Å². The number of sulfone groups is 1. The maximum absolute atomic E-state index is 12.9. The Kier molecular flexibility index (Phi) is 4.42. The standard InChI is InChI=1S/C17H13Cl2NO3S/c1-10-13-7-6-12(18)8-14(13)17(20-16(10)21)24(22,23)9-11-4-2-3-5-15(11)19/h2-8H,9H2,1H3,(H,20,21). The number of halogens is 2. The highest BCUT2D eigenvalue weighted by molar-refractivity contribution is 7.90. The second kappa shape index (κ2) is 6.24. The molecule has 124 valence electrons. The van der Waals surface area contributed by atoms with Gasteiger partial charge in [0.25, 0.3) is 5.56 Å². The Balaban J connectivity index is 2.25. The lowest BCUT2D eigenvalue weighted by Gasteiger charge is -2.11. The summed E-state index contributed by atoms with van der Waals surface area (Å²) in [6.45, 7) is 1.64. The number of pyridine rings is 1. The monoisotopic (exact) mass is 381 g/mol. The van der Waals surface area contributed by atoms with Gasteiger partial charge >= 0.3 is 0 Å². The summed E-state index contributed by atoms with van der Waals surface area (Å²) < 4.78 is 25.7. The number of fused-ring (bicyclic) bond motifs is 1. The molecule has 4 nitrogen and oxygen atoms in total. The molecular formula is C17H13Cl2NO3S. The molecule has 0 atom stereocenters. The average molecular weight is 382 g/mol. The summed E-state index contributed by atoms with van der Waals surface area (Å²) in [7, 11) is -3.82. The minimum atomic E-state index is -3.82. The van der Waals surface area contributed by atoms with E-state index in [0.717, 1.165) is 0 Å². The molecule has 0 aliphatic carbocycles. The zero-order valence-electron chi connectivity index (χ0n) is 12.6. The van der Waals surface area contributed by atoms with E-state index in [2.05, 4.69) is 4.98 Å². The molecule has 0 amide bonds. The van der Waals surface area contributed by atoms with E-state index in [4.69, 9.17) is 23.2 Å². The zero-order valence-corrected chi connectivity index (χ0v) is 15.0. The van der Waals surface area contributed by atoms with Gasteiger partial charge < -0.3 is 4.98 Å². The molecule has 1 N–H and O–H groups in total. The summed E-state index contributed by atoms with van der Waals surface area (Å²) in [4.78, 5) is 14.6. The lowest BCUT2D eigenvalue weighted by molar-refractivity contribution is 0.592. The van der Waals surface area contributed by atoms with Gasteiger partial charge in [0.1, 0.15) is 5.03 Å². The maximum atomic E-state index is 12.9. The highest BCUT2D eigenvalue weighted by Crippen LogP contribution is 2.28. The third-order valence-corrected chi connectivity index (χ3v) is 6.05. The summed E-state index contributed by atoms with van der Waals surface area (Å²) in [5.41, 5.74) is 0.469. The van der Waals surface area contributed by atoms with Crippen LogP contribution in [0.5, 0.6) is 0 Å². The van der Waals surface area contributed by atoms with Gasteiger partial charge in [-0.15, -0.1) is 0 Å². The Labute approximate surface area is 149 Å². The van der Waals surface area contributed by atoms with E-state index in [1.54, 1.807) is 49.4 Å². The molecule has 3 aromatic rings. The van der Waals surface area contributed by atoms with Crippen molar-refractivity contribution >= 4 is 43.8 Å². The molecule has 1 heterocycles. The van der Waals surface area contributed by atoms with Crippen LogP contribution in [0.15, 0.2) is 52.3 Å². The van der Waals surface area contributed by atoms with Gasteiger partial charge in [0, 0.05) is 21.0 Å². The highest BCUT2D eigenvalue weighted by Gasteiger charge is 2.22. The number of hydrogen-bond donors (Lipinski definition) is 1. The van der Waals surface area contributed by atoms with Crippen molar-refractivity contribution in [1.29, 1.82) is 0 Å². The first-order valence-corrected chi connectivity index (χ1v) is 9.49. The molecule has 0 aliphatic rings. The first kappa shape index (κ1) is 17.0. The minimum absolute atomic E-state index is 0.143. The van der Waals surface area contributed by atoms with Crippen LogP contribution in [-0.4, -0.2) is 13.4 Å². The van der Waals surface area contributed by atoms with Gasteiger partial charge in [0.05, 0.1) is 5.75 Å². The first-order chi connectivity index (χ1) is 11.3. The molecule has 2 aromatic carbocycles. The predicted molar refractivity (Wildman–Crippen MR) is 96.7 cm³/mol. The lowest BCUT2D eigenvalue weighted by atomic mass is 10.1. The van der Waals surface area contributed by atoms with E-state index < -0.39 is 15.4 Å². The molecule has 3 rings (SSSR count). The van der Waals surface area contributed by atoms with Crippen molar-refractivity contribution in [3.63, 3.8) is 0 Å². The molecule has 0 saturated carbocycles. The van der Waals surface area contributed by atoms with Crippen LogP contribution in [0, 0.1) is 6.92 Å². The topological polar surface area (TPSA) is 67.0 Å². The van der Waals surface area contributed by atoms with E-state index >= 15 is 0 Å². The zero-order chi connectivity index (χ0) is 17.5. The summed E-state index contributed by atoms with van der Waals surface area (Å²) >= 11 is 12.1. The lowest BCUT2D eigenvalue weighted by Crippen LogP contribution is -2.17. The summed E-state index contributed by atoms with van der Waals surface area (Å²) in [6, 6.07) is 11.5. The fourth-order valence-corrected chi connectivity index (χ4v) is 4.57. The third-order valence-electron chi connectivity index (χ3n) is 3.81. The Morgan fingerprint density at radius 2 is 1.75 bits per heavy atom. The Morgan fingerprint density at radius 1 is 1.04 bits per heavy atom. The summed E-state index contributed by atoms with van der Waals surface area (Å²) in [6.07, 6.45) is 0. The Bertz CT molecular complexity index is 1100. The summed E-state index contributed by atoms with van der Waals surface area (Å²) in [5, 5.41) is 1.56. The van der Waals surface area contributed by atoms with E-state index in [1.807, 2.05) is 0 Å². The molecule has 1 aromatic heterocycles. The molecule has 0 fully saturated rings. The number of aromatic amines is 1. The van der Waals surface area contributed by atoms with Crippen molar-refractivity contribution in [2.75, 3.05) is 0 Å². The van der Waals surface area contributed by atoms with Gasteiger partial charge in [-0.3, -0.25) is 4.79 Å². The molecule has 0 spiro atoms. The predicted octanol–water partition coefficient (Wildman–Crippen LogP) is 4.12. The molecule has 24 heavy (non-hydrogen) atoms. The van der Waals surface area contributed by atoms with E-state index in [-0.39, 0.29) is 10.8 Å². The average Bonchev–Trinajstić information content (AvgIpc) is 2.52. The number of nitrogens with one attached hydrogen (secondary N) is 1. The van der Waals surface area contributed by atoms with E-state index in [1.165, 1.54) is 0 Å². The normalized spacial score (nSPS) is 11.8. The molecule has 7 heteroatoms. The van der Waals surface area contributed by atoms with Crippen LogP contribution in [0.3, 0.4) is 0 Å². The molecule has 0 saturated heterocycles. The highest BCUT2D eigenvalue weighted by atomic mass is 35.5. The van der Waals surface area contributed by atoms with Crippen LogP contribution in [-0.2, 0) is 15.6 Å². The number of H-pyrrole nitrogens is 1. The van der Waals surface area contributed by atoms with Crippen LogP contribution in [0.2, 0.25) is 10.0 Å². The molecular weight excluding hydrogens is 369 g/mol. The number of hydrogen-bond acceptors (Lipinski definition) is 3. The van der Waals surface area contributed by atoms with Gasteiger partial charge in [-0.25, -0.2) is 8.42 Å². The number of aromatic nitrogens is 1. The largest absolute Gasteiger partial charge is 0.312 e. The van der Waals surface area contributed by atoms with Crippen LogP contribution in [0.4, 0.5) is 0 Å². The van der Waals surface area contributed by atoms with Crippen molar-refractivity contribution in [2.24, 2.45) is 0 Å². The Hall–Kier alpha value is -1.82.